The number of rotatable bonds is 5. The van der Waals surface area contributed by atoms with Crippen LogP contribution in [-0.4, -0.2) is 24.6 Å². The van der Waals surface area contributed by atoms with Gasteiger partial charge in [-0.2, -0.15) is 0 Å². The summed E-state index contributed by atoms with van der Waals surface area (Å²) >= 11 is 5.84. The average Bonchev–Trinajstić information content (AvgIpc) is 2.49. The maximum Gasteiger partial charge on any atom is 0.356 e. The first-order chi connectivity index (χ1) is 9.69. The van der Waals surface area contributed by atoms with Gasteiger partial charge in [0.25, 0.3) is 0 Å². The number of methoxy groups -OCH3 is 1. The largest absolute Gasteiger partial charge is 0.464 e. The number of halogens is 1. The van der Waals surface area contributed by atoms with Crippen LogP contribution in [0.15, 0.2) is 42.6 Å². The smallest absolute Gasteiger partial charge is 0.356 e. The van der Waals surface area contributed by atoms with Crippen LogP contribution in [0, 0.1) is 0 Å². The molecular weight excluding hydrogens is 276 g/mol. The summed E-state index contributed by atoms with van der Waals surface area (Å²) in [5.41, 5.74) is 2.34. The summed E-state index contributed by atoms with van der Waals surface area (Å²) in [5.74, 6) is -0.439. The van der Waals surface area contributed by atoms with Crippen molar-refractivity contribution in [2.24, 2.45) is 0 Å². The number of nitrogens with one attached hydrogen (secondary N) is 1. The number of nitrogens with zero attached hydrogens (tertiary/aromatic N) is 1. The lowest BCUT2D eigenvalue weighted by Crippen LogP contribution is -2.08. The van der Waals surface area contributed by atoms with E-state index in [4.69, 9.17) is 11.6 Å². The van der Waals surface area contributed by atoms with E-state index in [9.17, 15) is 4.79 Å². The van der Waals surface area contributed by atoms with Crippen LogP contribution in [-0.2, 0) is 11.2 Å². The second-order valence-electron chi connectivity index (χ2n) is 4.22. The first-order valence-electron chi connectivity index (χ1n) is 6.22. The zero-order valence-corrected chi connectivity index (χ0v) is 11.9. The van der Waals surface area contributed by atoms with Crippen molar-refractivity contribution in [2.75, 3.05) is 19.0 Å². The molecule has 0 saturated heterocycles. The van der Waals surface area contributed by atoms with Crippen LogP contribution in [0.3, 0.4) is 0 Å². The lowest BCUT2D eigenvalue weighted by Gasteiger charge is -2.07. The number of hydrogen-bond donors (Lipinski definition) is 1. The van der Waals surface area contributed by atoms with Crippen LogP contribution in [0.1, 0.15) is 16.1 Å². The molecule has 1 N–H and O–H groups in total. The molecule has 2 rings (SSSR count). The number of benzene rings is 1. The second-order valence-corrected chi connectivity index (χ2v) is 4.66. The first kappa shape index (κ1) is 14.3. The van der Waals surface area contributed by atoms with Crippen molar-refractivity contribution in [1.82, 2.24) is 4.98 Å². The van der Waals surface area contributed by atoms with E-state index in [-0.39, 0.29) is 0 Å². The van der Waals surface area contributed by atoms with Crippen molar-refractivity contribution in [1.29, 1.82) is 0 Å². The van der Waals surface area contributed by atoms with Crippen LogP contribution < -0.4 is 5.32 Å². The van der Waals surface area contributed by atoms with Gasteiger partial charge >= 0.3 is 5.97 Å². The van der Waals surface area contributed by atoms with Gasteiger partial charge in [0.05, 0.1) is 7.11 Å². The van der Waals surface area contributed by atoms with E-state index in [2.05, 4.69) is 15.0 Å². The van der Waals surface area contributed by atoms with Gasteiger partial charge in [-0.15, -0.1) is 0 Å². The second kappa shape index (κ2) is 6.91. The molecule has 20 heavy (non-hydrogen) atoms. The number of ether oxygens (including phenoxy) is 1. The minimum atomic E-state index is -0.439. The molecule has 0 aliphatic carbocycles. The highest BCUT2D eigenvalue weighted by Gasteiger charge is 2.06. The molecule has 1 aromatic heterocycles. The maximum absolute atomic E-state index is 11.4. The number of pyridine rings is 1. The third-order valence-electron chi connectivity index (χ3n) is 2.81. The Labute approximate surface area is 122 Å². The van der Waals surface area contributed by atoms with Gasteiger partial charge in [-0.25, -0.2) is 9.78 Å². The number of anilines is 1. The molecule has 0 radical (unpaired) electrons. The Morgan fingerprint density at radius 2 is 2.05 bits per heavy atom. The van der Waals surface area contributed by atoms with E-state index in [1.165, 1.54) is 12.7 Å². The van der Waals surface area contributed by atoms with E-state index in [1.54, 1.807) is 12.3 Å². The Hall–Kier alpha value is -2.07. The van der Waals surface area contributed by atoms with Crippen LogP contribution in [0.5, 0.6) is 0 Å². The molecule has 0 aliphatic heterocycles. The van der Waals surface area contributed by atoms with Gasteiger partial charge in [0.15, 0.2) is 0 Å². The lowest BCUT2D eigenvalue weighted by molar-refractivity contribution is 0.0594. The van der Waals surface area contributed by atoms with Crippen LogP contribution in [0.25, 0.3) is 0 Å². The van der Waals surface area contributed by atoms with Gasteiger partial charge in [-0.3, -0.25) is 0 Å². The van der Waals surface area contributed by atoms with E-state index in [1.807, 2.05) is 30.3 Å². The molecule has 5 heteroatoms. The maximum atomic E-state index is 11.4. The lowest BCUT2D eigenvalue weighted by atomic mass is 10.1. The molecule has 1 heterocycles. The van der Waals surface area contributed by atoms with Gasteiger partial charge in [0, 0.05) is 23.5 Å². The van der Waals surface area contributed by atoms with Crippen molar-refractivity contribution in [3.8, 4) is 0 Å². The molecule has 0 saturated carbocycles. The van der Waals surface area contributed by atoms with E-state index < -0.39 is 5.97 Å². The molecule has 2 aromatic rings. The number of aromatic nitrogens is 1. The first-order valence-corrected chi connectivity index (χ1v) is 6.59. The summed E-state index contributed by atoms with van der Waals surface area (Å²) in [6, 6.07) is 11.2. The number of hydrogen-bond acceptors (Lipinski definition) is 4. The van der Waals surface area contributed by atoms with Gasteiger partial charge in [-0.1, -0.05) is 23.7 Å². The van der Waals surface area contributed by atoms with Crippen molar-refractivity contribution in [2.45, 2.75) is 6.42 Å². The Morgan fingerprint density at radius 1 is 1.30 bits per heavy atom. The molecule has 0 spiro atoms. The van der Waals surface area contributed by atoms with Crippen LogP contribution in [0.4, 0.5) is 5.69 Å². The molecule has 0 aliphatic rings. The minimum Gasteiger partial charge on any atom is -0.464 e. The third-order valence-corrected chi connectivity index (χ3v) is 3.06. The number of carbonyl (C=O) groups is 1. The third kappa shape index (κ3) is 3.96. The molecule has 0 fully saturated rings. The van der Waals surface area contributed by atoms with Gasteiger partial charge in [0.1, 0.15) is 5.69 Å². The van der Waals surface area contributed by atoms with E-state index in [0.29, 0.717) is 5.69 Å². The zero-order chi connectivity index (χ0) is 14.4. The molecule has 0 unspecified atom stereocenters. The molecule has 0 amide bonds. The summed E-state index contributed by atoms with van der Waals surface area (Å²) in [4.78, 5) is 15.3. The quantitative estimate of drug-likeness (QED) is 0.859. The van der Waals surface area contributed by atoms with Crippen LogP contribution >= 0.6 is 11.6 Å². The summed E-state index contributed by atoms with van der Waals surface area (Å²) in [7, 11) is 1.34. The Kier molecular flexibility index (Phi) is 4.96. The van der Waals surface area contributed by atoms with E-state index >= 15 is 0 Å². The molecule has 0 bridgehead atoms. The minimum absolute atomic E-state index is 0.295. The predicted octanol–water partition coefficient (Wildman–Crippen LogP) is 3.18. The van der Waals surface area contributed by atoms with Crippen molar-refractivity contribution < 1.29 is 9.53 Å². The van der Waals surface area contributed by atoms with Crippen LogP contribution in [0.2, 0.25) is 5.02 Å². The highest BCUT2D eigenvalue weighted by molar-refractivity contribution is 6.30. The summed E-state index contributed by atoms with van der Waals surface area (Å²) in [5, 5.41) is 3.98. The van der Waals surface area contributed by atoms with Gasteiger partial charge in [-0.05, 0) is 36.2 Å². The Balaban J connectivity index is 1.91. The molecule has 0 atom stereocenters. The highest BCUT2D eigenvalue weighted by atomic mass is 35.5. The fourth-order valence-electron chi connectivity index (χ4n) is 1.76. The Morgan fingerprint density at radius 3 is 2.75 bits per heavy atom. The molecule has 104 valence electrons. The normalized spacial score (nSPS) is 10.1. The van der Waals surface area contributed by atoms with Crippen molar-refractivity contribution >= 4 is 23.3 Å². The SMILES string of the molecule is COC(=O)c1cc(NCCc2ccc(Cl)cc2)ccn1. The van der Waals surface area contributed by atoms with Crippen molar-refractivity contribution in [3.05, 3.63) is 58.9 Å². The summed E-state index contributed by atoms with van der Waals surface area (Å²) in [6.07, 6.45) is 2.45. The summed E-state index contributed by atoms with van der Waals surface area (Å²) in [6.45, 7) is 0.756. The molecular formula is C15H15ClN2O2. The van der Waals surface area contributed by atoms with E-state index in [0.717, 1.165) is 23.7 Å². The predicted molar refractivity (Wildman–Crippen MR) is 79.2 cm³/mol. The fourth-order valence-corrected chi connectivity index (χ4v) is 1.88. The number of carbonyl (C=O) groups excluding carboxylic acids is 1. The fraction of sp³-hybridized carbons (Fsp3) is 0.200. The average molecular weight is 291 g/mol. The molecule has 1 aromatic carbocycles. The standard InChI is InChI=1S/C15H15ClN2O2/c1-20-15(19)14-10-13(7-9-18-14)17-8-6-11-2-4-12(16)5-3-11/h2-5,7,9-10H,6,8H2,1H3,(H,17,18). The Bertz CT molecular complexity index is 585. The monoisotopic (exact) mass is 290 g/mol. The highest BCUT2D eigenvalue weighted by Crippen LogP contribution is 2.11. The molecule has 4 nitrogen and oxygen atoms in total. The number of esters is 1. The van der Waals surface area contributed by atoms with Gasteiger partial charge in [0.2, 0.25) is 0 Å². The van der Waals surface area contributed by atoms with Crippen molar-refractivity contribution in [3.63, 3.8) is 0 Å². The summed E-state index contributed by atoms with van der Waals surface area (Å²) < 4.78 is 4.63. The zero-order valence-electron chi connectivity index (χ0n) is 11.1. The topological polar surface area (TPSA) is 51.2 Å². The van der Waals surface area contributed by atoms with Gasteiger partial charge < -0.3 is 10.1 Å².